The van der Waals surface area contributed by atoms with Gasteiger partial charge in [-0.05, 0) is 57.1 Å². The molecule has 2 rings (SSSR count). The van der Waals surface area contributed by atoms with Crippen molar-refractivity contribution in [2.45, 2.75) is 39.3 Å². The molecule has 32 heavy (non-hydrogen) atoms. The van der Waals surface area contributed by atoms with Gasteiger partial charge in [-0.15, -0.1) is 0 Å². The molecule has 10 heteroatoms. The fraction of sp³-hybridized carbons (Fsp3) is 0.455. The lowest BCUT2D eigenvalue weighted by Crippen LogP contribution is -2.37. The van der Waals surface area contributed by atoms with Crippen molar-refractivity contribution in [1.82, 2.24) is 14.0 Å². The van der Waals surface area contributed by atoms with E-state index in [1.54, 1.807) is 56.5 Å². The van der Waals surface area contributed by atoms with Crippen molar-refractivity contribution < 1.29 is 13.9 Å². The summed E-state index contributed by atoms with van der Waals surface area (Å²) in [6, 6.07) is 8.03. The molecule has 0 radical (unpaired) electrons. The number of nitriles is 1. The molecule has 0 bridgehead atoms. The van der Waals surface area contributed by atoms with Crippen LogP contribution in [0.25, 0.3) is 0 Å². The van der Waals surface area contributed by atoms with Gasteiger partial charge in [-0.2, -0.15) is 5.26 Å². The summed E-state index contributed by atoms with van der Waals surface area (Å²) in [5.74, 6) is 0.122. The van der Waals surface area contributed by atoms with Crippen LogP contribution in [0.5, 0.6) is 0 Å². The van der Waals surface area contributed by atoms with Crippen molar-refractivity contribution in [2.75, 3.05) is 18.4 Å². The van der Waals surface area contributed by atoms with Crippen molar-refractivity contribution in [1.29, 1.82) is 10.7 Å². The second kappa shape index (κ2) is 10.4. The maximum atomic E-state index is 13.2. The number of amides is 1. The third-order valence-corrected chi connectivity index (χ3v) is 5.21. The maximum absolute atomic E-state index is 13.2. The number of halogens is 1. The van der Waals surface area contributed by atoms with Gasteiger partial charge in [-0.3, -0.25) is 5.41 Å². The highest BCUT2D eigenvalue weighted by Crippen LogP contribution is 2.15. The first-order valence-corrected chi connectivity index (χ1v) is 10.6. The number of rotatable bonds is 7. The lowest BCUT2D eigenvalue weighted by Gasteiger charge is -2.27. The Hall–Kier alpha value is -3.19. The quantitative estimate of drug-likeness (QED) is 0.483. The van der Waals surface area contributed by atoms with E-state index in [4.69, 9.17) is 22.4 Å². The summed E-state index contributed by atoms with van der Waals surface area (Å²) in [5.41, 5.74) is 0.368. The highest BCUT2D eigenvalue weighted by Gasteiger charge is 2.22. The van der Waals surface area contributed by atoms with E-state index in [0.29, 0.717) is 30.1 Å². The minimum atomic E-state index is -0.643. The molecule has 0 unspecified atom stereocenters. The molecule has 0 fully saturated rings. The van der Waals surface area contributed by atoms with E-state index in [1.165, 1.54) is 16.7 Å². The number of ether oxygens (including phenoxy) is 1. The van der Waals surface area contributed by atoms with Crippen LogP contribution in [0.3, 0.4) is 0 Å². The molecule has 0 aliphatic carbocycles. The van der Waals surface area contributed by atoms with E-state index in [9.17, 15) is 14.4 Å². The molecule has 1 aromatic carbocycles. The average Bonchev–Trinajstić information content (AvgIpc) is 2.72. The van der Waals surface area contributed by atoms with E-state index >= 15 is 0 Å². The maximum Gasteiger partial charge on any atom is 0.410 e. The molecule has 0 saturated carbocycles. The van der Waals surface area contributed by atoms with Crippen LogP contribution in [-0.2, 0) is 25.4 Å². The normalized spacial score (nSPS) is 11.0. The van der Waals surface area contributed by atoms with Crippen LogP contribution in [0.1, 0.15) is 38.3 Å². The Bertz CT molecular complexity index is 1130. The first-order chi connectivity index (χ1) is 14.9. The summed E-state index contributed by atoms with van der Waals surface area (Å²) in [4.78, 5) is 14.3. The zero-order valence-corrected chi connectivity index (χ0v) is 19.8. The summed E-state index contributed by atoms with van der Waals surface area (Å²) in [6.45, 7) is 6.48. The molecule has 0 saturated heterocycles. The number of carbonyl (C=O) groups is 1. The summed E-state index contributed by atoms with van der Waals surface area (Å²) < 4.78 is 22.3. The Morgan fingerprint density at radius 1 is 1.28 bits per heavy atom. The van der Waals surface area contributed by atoms with Crippen LogP contribution in [0, 0.1) is 27.3 Å². The van der Waals surface area contributed by atoms with Gasteiger partial charge >= 0.3 is 6.09 Å². The van der Waals surface area contributed by atoms with Crippen LogP contribution in [0.4, 0.5) is 15.0 Å². The molecular formula is C22H29FN6O2S. The number of anilines is 1. The summed E-state index contributed by atoms with van der Waals surface area (Å²) in [6.07, 6.45) is 0.0880. The Balaban J connectivity index is 2.12. The molecule has 0 spiro atoms. The first kappa shape index (κ1) is 25.1. The molecule has 8 nitrogen and oxygen atoms in total. The van der Waals surface area contributed by atoms with Crippen molar-refractivity contribution in [3.8, 4) is 6.07 Å². The Morgan fingerprint density at radius 2 is 1.91 bits per heavy atom. The van der Waals surface area contributed by atoms with Gasteiger partial charge in [0.2, 0.25) is 0 Å². The Morgan fingerprint density at radius 3 is 2.47 bits per heavy atom. The van der Waals surface area contributed by atoms with Crippen molar-refractivity contribution in [3.05, 3.63) is 51.5 Å². The summed E-state index contributed by atoms with van der Waals surface area (Å²) in [5, 5.41) is 20.8. The second-order valence-electron chi connectivity index (χ2n) is 8.39. The van der Waals surface area contributed by atoms with Crippen molar-refractivity contribution in [3.63, 3.8) is 0 Å². The zero-order chi connectivity index (χ0) is 24.1. The minimum Gasteiger partial charge on any atom is -0.444 e. The number of benzene rings is 1. The molecule has 1 aromatic heterocycles. The second-order valence-corrected chi connectivity index (χ2v) is 8.76. The SMILES string of the molecule is Cn1c(NCCCN(Cc2ccc(F)cc2)C(=O)OC(C)(C)C)c(C#N)c(=N)n(C)c1=S. The topological polar surface area (TPSA) is 99.1 Å². The van der Waals surface area contributed by atoms with Crippen LogP contribution in [0.2, 0.25) is 0 Å². The monoisotopic (exact) mass is 460 g/mol. The van der Waals surface area contributed by atoms with E-state index in [2.05, 4.69) is 11.4 Å². The average molecular weight is 461 g/mol. The predicted octanol–water partition coefficient (Wildman–Crippen LogP) is 3.82. The smallest absolute Gasteiger partial charge is 0.410 e. The van der Waals surface area contributed by atoms with E-state index in [1.807, 2.05) is 0 Å². The fourth-order valence-electron chi connectivity index (χ4n) is 3.03. The van der Waals surface area contributed by atoms with Crippen LogP contribution in [-0.4, -0.2) is 38.8 Å². The van der Waals surface area contributed by atoms with Crippen LogP contribution in [0.15, 0.2) is 24.3 Å². The molecule has 2 N–H and O–H groups in total. The van der Waals surface area contributed by atoms with Gasteiger partial charge in [0.15, 0.2) is 4.77 Å². The molecule has 2 aromatic rings. The highest BCUT2D eigenvalue weighted by molar-refractivity contribution is 7.71. The summed E-state index contributed by atoms with van der Waals surface area (Å²) >= 11 is 5.32. The van der Waals surface area contributed by atoms with Gasteiger partial charge in [0.25, 0.3) is 0 Å². The number of nitrogens with one attached hydrogen (secondary N) is 2. The molecule has 0 atom stereocenters. The Labute approximate surface area is 192 Å². The van der Waals surface area contributed by atoms with Gasteiger partial charge in [0.05, 0.1) is 0 Å². The molecule has 1 amide bonds. The van der Waals surface area contributed by atoms with Gasteiger partial charge in [0, 0.05) is 33.7 Å². The number of aromatic nitrogens is 2. The molecule has 0 aliphatic heterocycles. The Kier molecular flexibility index (Phi) is 8.16. The number of carbonyl (C=O) groups excluding carboxylic acids is 1. The minimum absolute atomic E-state index is 0.0322. The largest absolute Gasteiger partial charge is 0.444 e. The molecule has 0 aliphatic rings. The van der Waals surface area contributed by atoms with Crippen molar-refractivity contribution >= 4 is 24.1 Å². The van der Waals surface area contributed by atoms with Gasteiger partial charge in [-0.25, -0.2) is 9.18 Å². The van der Waals surface area contributed by atoms with Crippen LogP contribution >= 0.6 is 12.2 Å². The number of hydrogen-bond donors (Lipinski definition) is 2. The fourth-order valence-corrected chi connectivity index (χ4v) is 3.21. The van der Waals surface area contributed by atoms with E-state index in [0.717, 1.165) is 5.56 Å². The third-order valence-electron chi connectivity index (χ3n) is 4.67. The summed E-state index contributed by atoms with van der Waals surface area (Å²) in [7, 11) is 3.37. The third kappa shape index (κ3) is 6.40. The number of nitrogens with zero attached hydrogens (tertiary/aromatic N) is 4. The van der Waals surface area contributed by atoms with Gasteiger partial charge < -0.3 is 24.1 Å². The van der Waals surface area contributed by atoms with E-state index < -0.39 is 11.7 Å². The molecular weight excluding hydrogens is 431 g/mol. The lowest BCUT2D eigenvalue weighted by molar-refractivity contribution is 0.0233. The van der Waals surface area contributed by atoms with Gasteiger partial charge in [-0.1, -0.05) is 12.1 Å². The van der Waals surface area contributed by atoms with Crippen LogP contribution < -0.4 is 10.8 Å². The number of hydrogen-bond acceptors (Lipinski definition) is 6. The van der Waals surface area contributed by atoms with E-state index in [-0.39, 0.29) is 23.4 Å². The lowest BCUT2D eigenvalue weighted by atomic mass is 10.2. The predicted molar refractivity (Wildman–Crippen MR) is 122 cm³/mol. The standard InChI is InChI=1S/C22H29FN6O2S/c1-22(2,3)31-21(30)29(14-15-7-9-16(23)10-8-15)12-6-11-26-19-17(13-24)18(25)27(4)20(32)28(19)5/h7-10,25-26H,6,11-12,14H2,1-5H3. The van der Waals surface area contributed by atoms with Gasteiger partial charge in [0.1, 0.15) is 34.4 Å². The molecule has 172 valence electrons. The highest BCUT2D eigenvalue weighted by atomic mass is 32.1. The first-order valence-electron chi connectivity index (χ1n) is 10.2. The molecule has 1 heterocycles. The zero-order valence-electron chi connectivity index (χ0n) is 19.0. The van der Waals surface area contributed by atoms with Crippen molar-refractivity contribution in [2.24, 2.45) is 14.1 Å².